The predicted octanol–water partition coefficient (Wildman–Crippen LogP) is 3.16. The highest BCUT2D eigenvalue weighted by Crippen LogP contribution is 2.29. The number of hydrogen-bond acceptors (Lipinski definition) is 6. The number of nitrogens with zero attached hydrogens (tertiary/aromatic N) is 4. The number of aryl methyl sites for hydroxylation is 1. The highest BCUT2D eigenvalue weighted by Gasteiger charge is 2.31. The predicted molar refractivity (Wildman–Crippen MR) is 110 cm³/mol. The molecule has 0 aliphatic carbocycles. The van der Waals surface area contributed by atoms with Crippen molar-refractivity contribution in [1.29, 1.82) is 0 Å². The maximum atomic E-state index is 13.2. The van der Waals surface area contributed by atoms with E-state index in [1.165, 1.54) is 0 Å². The summed E-state index contributed by atoms with van der Waals surface area (Å²) in [6, 6.07) is 8.28. The number of hydrogen-bond donors (Lipinski definition) is 0. The molecule has 9 heteroatoms. The third-order valence-electron chi connectivity index (χ3n) is 4.90. The molecule has 0 unspecified atom stereocenters. The monoisotopic (exact) mass is 428 g/mol. The Labute approximate surface area is 175 Å². The Balaban J connectivity index is 1.74. The van der Waals surface area contributed by atoms with E-state index < -0.39 is 15.4 Å². The van der Waals surface area contributed by atoms with Gasteiger partial charge in [-0.3, -0.25) is 0 Å². The first kappa shape index (κ1) is 20.3. The fourth-order valence-corrected chi connectivity index (χ4v) is 5.15. The number of aromatic nitrogens is 3. The average molecular weight is 429 g/mol. The second-order valence-corrected chi connectivity index (χ2v) is 10.2. The molecule has 0 fully saturated rings. The SMILES string of the molecule is Cc1nn2c3c(cnc2c1S(=O)(=O)c1ccccc1)CN(C(=O)OC(C)(C)C)CC3. The van der Waals surface area contributed by atoms with E-state index in [1.807, 2.05) is 20.8 Å². The molecule has 1 amide bonds. The maximum absolute atomic E-state index is 13.2. The zero-order chi connectivity index (χ0) is 21.7. The summed E-state index contributed by atoms with van der Waals surface area (Å²) in [6.45, 7) is 7.96. The largest absolute Gasteiger partial charge is 0.444 e. The minimum atomic E-state index is -3.75. The molecule has 0 N–H and O–H groups in total. The lowest BCUT2D eigenvalue weighted by Gasteiger charge is -2.31. The highest BCUT2D eigenvalue weighted by molar-refractivity contribution is 7.91. The van der Waals surface area contributed by atoms with Crippen molar-refractivity contribution in [1.82, 2.24) is 19.5 Å². The van der Waals surface area contributed by atoms with Gasteiger partial charge in [-0.1, -0.05) is 18.2 Å². The topological polar surface area (TPSA) is 93.9 Å². The van der Waals surface area contributed by atoms with E-state index in [4.69, 9.17) is 4.74 Å². The van der Waals surface area contributed by atoms with Crippen molar-refractivity contribution >= 4 is 21.6 Å². The van der Waals surface area contributed by atoms with Crippen molar-refractivity contribution in [3.8, 4) is 0 Å². The molecule has 1 aliphatic heterocycles. The smallest absolute Gasteiger partial charge is 0.410 e. The number of carbonyl (C=O) groups is 1. The van der Waals surface area contributed by atoms with Crippen molar-refractivity contribution < 1.29 is 17.9 Å². The lowest BCUT2D eigenvalue weighted by Crippen LogP contribution is -2.40. The second-order valence-electron chi connectivity index (χ2n) is 8.35. The van der Waals surface area contributed by atoms with Crippen molar-refractivity contribution in [3.05, 3.63) is 53.5 Å². The quantitative estimate of drug-likeness (QED) is 0.622. The van der Waals surface area contributed by atoms with Crippen LogP contribution >= 0.6 is 0 Å². The minimum Gasteiger partial charge on any atom is -0.444 e. The molecule has 0 atom stereocenters. The number of ether oxygens (including phenoxy) is 1. The summed E-state index contributed by atoms with van der Waals surface area (Å²) in [5.41, 5.74) is 1.82. The summed E-state index contributed by atoms with van der Waals surface area (Å²) >= 11 is 0. The number of carbonyl (C=O) groups excluding carboxylic acids is 1. The van der Waals surface area contributed by atoms with Crippen LogP contribution < -0.4 is 0 Å². The molecule has 30 heavy (non-hydrogen) atoms. The lowest BCUT2D eigenvalue weighted by atomic mass is 10.1. The van der Waals surface area contributed by atoms with E-state index in [9.17, 15) is 13.2 Å². The fourth-order valence-electron chi connectivity index (χ4n) is 3.59. The molecule has 0 bridgehead atoms. The molecule has 2 aromatic heterocycles. The molecule has 0 radical (unpaired) electrons. The van der Waals surface area contributed by atoms with E-state index in [2.05, 4.69) is 10.1 Å². The van der Waals surface area contributed by atoms with Crippen LogP contribution in [0, 0.1) is 6.92 Å². The molecule has 3 heterocycles. The molecule has 4 rings (SSSR count). The average Bonchev–Trinajstić information content (AvgIpc) is 3.04. The van der Waals surface area contributed by atoms with Crippen LogP contribution in [-0.4, -0.2) is 46.2 Å². The van der Waals surface area contributed by atoms with Crippen LogP contribution in [0.2, 0.25) is 0 Å². The molecular weight excluding hydrogens is 404 g/mol. The fraction of sp³-hybridized carbons (Fsp3) is 0.381. The van der Waals surface area contributed by atoms with Gasteiger partial charge in [-0.15, -0.1) is 0 Å². The normalized spacial score (nSPS) is 14.6. The van der Waals surface area contributed by atoms with Crippen LogP contribution in [0.15, 0.2) is 46.3 Å². The van der Waals surface area contributed by atoms with Gasteiger partial charge in [-0.25, -0.2) is 22.7 Å². The van der Waals surface area contributed by atoms with E-state index >= 15 is 0 Å². The Morgan fingerprint density at radius 1 is 1.17 bits per heavy atom. The summed E-state index contributed by atoms with van der Waals surface area (Å²) in [5, 5.41) is 4.49. The first-order valence-electron chi connectivity index (χ1n) is 9.72. The van der Waals surface area contributed by atoms with Gasteiger partial charge in [0.25, 0.3) is 0 Å². The molecule has 158 valence electrons. The molecule has 0 saturated carbocycles. The summed E-state index contributed by atoms with van der Waals surface area (Å²) < 4.78 is 33.5. The number of rotatable bonds is 2. The zero-order valence-corrected chi connectivity index (χ0v) is 18.2. The molecule has 0 spiro atoms. The molecule has 8 nitrogen and oxygen atoms in total. The Morgan fingerprint density at radius 3 is 2.53 bits per heavy atom. The first-order chi connectivity index (χ1) is 14.1. The lowest BCUT2D eigenvalue weighted by molar-refractivity contribution is 0.0222. The van der Waals surface area contributed by atoms with Crippen LogP contribution in [0.25, 0.3) is 5.65 Å². The molecule has 0 saturated heterocycles. The maximum Gasteiger partial charge on any atom is 0.410 e. The van der Waals surface area contributed by atoms with Crippen LogP contribution in [-0.2, 0) is 27.5 Å². The number of amides is 1. The summed E-state index contributed by atoms with van der Waals surface area (Å²) in [7, 11) is -3.75. The van der Waals surface area contributed by atoms with Gasteiger partial charge >= 0.3 is 6.09 Å². The van der Waals surface area contributed by atoms with Gasteiger partial charge in [0.1, 0.15) is 10.5 Å². The van der Waals surface area contributed by atoms with Crippen molar-refractivity contribution in [2.45, 2.75) is 56.1 Å². The molecule has 1 aromatic carbocycles. The van der Waals surface area contributed by atoms with E-state index in [1.54, 1.807) is 52.9 Å². The van der Waals surface area contributed by atoms with Crippen LogP contribution in [0.4, 0.5) is 4.79 Å². The molecular formula is C21H24N4O4S. The first-order valence-corrected chi connectivity index (χ1v) is 11.2. The summed E-state index contributed by atoms with van der Waals surface area (Å²) in [5.74, 6) is 0. The number of fused-ring (bicyclic) bond motifs is 3. The Morgan fingerprint density at radius 2 is 1.87 bits per heavy atom. The molecule has 1 aliphatic rings. The third-order valence-corrected chi connectivity index (χ3v) is 6.81. The van der Waals surface area contributed by atoms with Crippen LogP contribution in [0.5, 0.6) is 0 Å². The summed E-state index contributed by atoms with van der Waals surface area (Å²) in [4.78, 5) is 18.8. The van der Waals surface area contributed by atoms with Gasteiger partial charge in [-0.2, -0.15) is 5.10 Å². The minimum absolute atomic E-state index is 0.117. The Bertz CT molecular complexity index is 1230. The van der Waals surface area contributed by atoms with Crippen molar-refractivity contribution in [2.24, 2.45) is 0 Å². The van der Waals surface area contributed by atoms with E-state index in [0.29, 0.717) is 30.9 Å². The summed E-state index contributed by atoms with van der Waals surface area (Å²) in [6.07, 6.45) is 1.78. The van der Waals surface area contributed by atoms with Crippen LogP contribution in [0.1, 0.15) is 37.7 Å². The van der Waals surface area contributed by atoms with Gasteiger partial charge < -0.3 is 9.64 Å². The Hall–Kier alpha value is -2.94. The van der Waals surface area contributed by atoms with Gasteiger partial charge in [-0.05, 0) is 39.8 Å². The third kappa shape index (κ3) is 3.54. The van der Waals surface area contributed by atoms with Gasteiger partial charge in [0.2, 0.25) is 9.84 Å². The second kappa shape index (κ2) is 7.09. The van der Waals surface area contributed by atoms with Gasteiger partial charge in [0.15, 0.2) is 5.65 Å². The highest BCUT2D eigenvalue weighted by atomic mass is 32.2. The van der Waals surface area contributed by atoms with E-state index in [-0.39, 0.29) is 15.9 Å². The Kier molecular flexibility index (Phi) is 4.80. The van der Waals surface area contributed by atoms with Gasteiger partial charge in [0, 0.05) is 24.7 Å². The molecule has 3 aromatic rings. The number of sulfone groups is 1. The van der Waals surface area contributed by atoms with Crippen molar-refractivity contribution in [2.75, 3.05) is 6.54 Å². The number of benzene rings is 1. The standard InChI is InChI=1S/C21H24N4O4S/c1-14-18(30(27,28)16-8-6-5-7-9-16)19-22-12-15-13-24(20(26)29-21(2,3)4)11-10-17(15)25(19)23-14/h5-9,12H,10-11,13H2,1-4H3. The zero-order valence-electron chi connectivity index (χ0n) is 17.4. The van der Waals surface area contributed by atoms with Gasteiger partial charge in [0.05, 0.1) is 22.8 Å². The van der Waals surface area contributed by atoms with E-state index in [0.717, 1.165) is 11.3 Å². The van der Waals surface area contributed by atoms with Crippen LogP contribution in [0.3, 0.4) is 0 Å². The van der Waals surface area contributed by atoms with Crippen molar-refractivity contribution in [3.63, 3.8) is 0 Å².